The zero-order chi connectivity index (χ0) is 17.2. The van der Waals surface area contributed by atoms with E-state index < -0.39 is 0 Å². The number of hydrogen-bond acceptors (Lipinski definition) is 3. The van der Waals surface area contributed by atoms with Crippen molar-refractivity contribution in [1.29, 1.82) is 0 Å². The summed E-state index contributed by atoms with van der Waals surface area (Å²) in [5, 5.41) is 0. The molecule has 0 unspecified atom stereocenters. The molecule has 1 aromatic carbocycles. The molecular formula is C20H24N4O. The molecule has 0 bridgehead atoms. The second-order valence-electron chi connectivity index (χ2n) is 6.91. The summed E-state index contributed by atoms with van der Waals surface area (Å²) < 4.78 is 2.00. The molecule has 25 heavy (non-hydrogen) atoms. The topological polar surface area (TPSA) is 41.4 Å². The largest absolute Gasteiger partial charge is 0.337 e. The monoisotopic (exact) mass is 336 g/mol. The lowest BCUT2D eigenvalue weighted by Gasteiger charge is -2.24. The number of aryl methyl sites for hydroxylation is 1. The zero-order valence-electron chi connectivity index (χ0n) is 14.6. The molecule has 2 aromatic rings. The molecule has 2 saturated heterocycles. The van der Waals surface area contributed by atoms with E-state index in [2.05, 4.69) is 46.3 Å². The molecule has 5 heteroatoms. The SMILES string of the molecule is Cn1ccnc1CN1C(=O)C[C@H]2[C@@H]1CCN2CC=Cc1ccccc1. The summed E-state index contributed by atoms with van der Waals surface area (Å²) in [6, 6.07) is 11.0. The van der Waals surface area contributed by atoms with Crippen molar-refractivity contribution in [1.82, 2.24) is 19.4 Å². The summed E-state index contributed by atoms with van der Waals surface area (Å²) in [7, 11) is 1.98. The van der Waals surface area contributed by atoms with Crippen LogP contribution < -0.4 is 0 Å². The van der Waals surface area contributed by atoms with E-state index >= 15 is 0 Å². The molecule has 1 aromatic heterocycles. The molecule has 0 spiro atoms. The van der Waals surface area contributed by atoms with Gasteiger partial charge in [0, 0.05) is 51.0 Å². The molecule has 5 nitrogen and oxygen atoms in total. The van der Waals surface area contributed by atoms with Crippen LogP contribution in [0, 0.1) is 0 Å². The lowest BCUT2D eigenvalue weighted by molar-refractivity contribution is -0.129. The van der Waals surface area contributed by atoms with Crippen LogP contribution in [0.4, 0.5) is 0 Å². The molecule has 2 aliphatic heterocycles. The highest BCUT2D eigenvalue weighted by molar-refractivity contribution is 5.80. The van der Waals surface area contributed by atoms with Gasteiger partial charge in [0.2, 0.25) is 5.91 Å². The third-order valence-electron chi connectivity index (χ3n) is 5.41. The minimum Gasteiger partial charge on any atom is -0.337 e. The quantitative estimate of drug-likeness (QED) is 0.841. The van der Waals surface area contributed by atoms with Crippen molar-refractivity contribution >= 4 is 12.0 Å². The van der Waals surface area contributed by atoms with Crippen molar-refractivity contribution in [2.75, 3.05) is 13.1 Å². The highest BCUT2D eigenvalue weighted by Crippen LogP contribution is 2.33. The van der Waals surface area contributed by atoms with E-state index in [4.69, 9.17) is 0 Å². The van der Waals surface area contributed by atoms with Gasteiger partial charge in [0.25, 0.3) is 0 Å². The molecule has 2 aliphatic rings. The average molecular weight is 336 g/mol. The molecule has 0 aliphatic carbocycles. The summed E-state index contributed by atoms with van der Waals surface area (Å²) in [6.07, 6.45) is 9.79. The van der Waals surface area contributed by atoms with E-state index in [1.54, 1.807) is 6.20 Å². The Kier molecular flexibility index (Phi) is 4.40. The Hall–Kier alpha value is -2.40. The number of imidazole rings is 1. The van der Waals surface area contributed by atoms with E-state index in [9.17, 15) is 4.79 Å². The van der Waals surface area contributed by atoms with Crippen LogP contribution in [0.25, 0.3) is 6.08 Å². The first-order chi connectivity index (χ1) is 12.2. The summed E-state index contributed by atoms with van der Waals surface area (Å²) in [5.41, 5.74) is 1.22. The van der Waals surface area contributed by atoms with Gasteiger partial charge in [0.05, 0.1) is 6.54 Å². The molecule has 0 saturated carbocycles. The van der Waals surface area contributed by atoms with Crippen LogP contribution >= 0.6 is 0 Å². The number of fused-ring (bicyclic) bond motifs is 1. The standard InChI is InChI=1S/C20H24N4O/c1-22-13-10-21-19(22)15-24-17-9-12-23(18(17)14-20(24)25)11-5-8-16-6-3-2-4-7-16/h2-8,10,13,17-18H,9,11-12,14-15H2,1H3/t17-,18-/m0/s1. The molecular weight excluding hydrogens is 312 g/mol. The number of benzene rings is 1. The maximum atomic E-state index is 12.5. The van der Waals surface area contributed by atoms with Gasteiger partial charge in [0.15, 0.2) is 0 Å². The van der Waals surface area contributed by atoms with E-state index in [0.29, 0.717) is 25.0 Å². The number of aromatic nitrogens is 2. The Morgan fingerprint density at radius 2 is 2.08 bits per heavy atom. The normalized spacial score (nSPS) is 23.7. The average Bonchev–Trinajstić information content (AvgIpc) is 3.28. The van der Waals surface area contributed by atoms with Crippen molar-refractivity contribution in [3.05, 3.63) is 60.2 Å². The van der Waals surface area contributed by atoms with Crippen molar-refractivity contribution < 1.29 is 4.79 Å². The van der Waals surface area contributed by atoms with E-state index in [1.165, 1.54) is 5.56 Å². The van der Waals surface area contributed by atoms with Crippen LogP contribution in [0.2, 0.25) is 0 Å². The van der Waals surface area contributed by atoms with Crippen LogP contribution in [-0.2, 0) is 18.4 Å². The highest BCUT2D eigenvalue weighted by Gasteiger charge is 2.46. The van der Waals surface area contributed by atoms with Gasteiger partial charge in [-0.05, 0) is 12.0 Å². The minimum atomic E-state index is 0.259. The predicted molar refractivity (Wildman–Crippen MR) is 97.6 cm³/mol. The van der Waals surface area contributed by atoms with Crippen LogP contribution in [0.3, 0.4) is 0 Å². The minimum absolute atomic E-state index is 0.259. The zero-order valence-corrected chi connectivity index (χ0v) is 14.6. The third-order valence-corrected chi connectivity index (χ3v) is 5.41. The molecule has 0 N–H and O–H groups in total. The maximum Gasteiger partial charge on any atom is 0.224 e. The second-order valence-corrected chi connectivity index (χ2v) is 6.91. The molecule has 3 heterocycles. The molecule has 130 valence electrons. The number of carbonyl (C=O) groups is 1. The van der Waals surface area contributed by atoms with Crippen LogP contribution in [-0.4, -0.2) is 50.4 Å². The lowest BCUT2D eigenvalue weighted by atomic mass is 10.1. The number of carbonyl (C=O) groups excluding carboxylic acids is 1. The number of hydrogen-bond donors (Lipinski definition) is 0. The van der Waals surface area contributed by atoms with Gasteiger partial charge in [-0.2, -0.15) is 0 Å². The predicted octanol–water partition coefficient (Wildman–Crippen LogP) is 2.31. The molecule has 1 amide bonds. The van der Waals surface area contributed by atoms with E-state index in [1.807, 2.05) is 28.8 Å². The van der Waals surface area contributed by atoms with Crippen molar-refractivity contribution in [2.45, 2.75) is 31.5 Å². The molecule has 0 radical (unpaired) electrons. The van der Waals surface area contributed by atoms with Crippen molar-refractivity contribution in [3.8, 4) is 0 Å². The fourth-order valence-corrected chi connectivity index (χ4v) is 4.03. The summed E-state index contributed by atoms with van der Waals surface area (Å²) in [6.45, 7) is 2.58. The van der Waals surface area contributed by atoms with E-state index in [-0.39, 0.29) is 5.91 Å². The van der Waals surface area contributed by atoms with Crippen molar-refractivity contribution in [2.24, 2.45) is 7.05 Å². The maximum absolute atomic E-state index is 12.5. The van der Waals surface area contributed by atoms with Crippen molar-refractivity contribution in [3.63, 3.8) is 0 Å². The third kappa shape index (κ3) is 3.24. The highest BCUT2D eigenvalue weighted by atomic mass is 16.2. The number of amides is 1. The first kappa shape index (κ1) is 16.1. The fourth-order valence-electron chi connectivity index (χ4n) is 4.03. The first-order valence-corrected chi connectivity index (χ1v) is 8.93. The number of likely N-dealkylation sites (tertiary alicyclic amines) is 2. The molecule has 2 fully saturated rings. The first-order valence-electron chi connectivity index (χ1n) is 8.93. The van der Waals surface area contributed by atoms with Gasteiger partial charge in [0.1, 0.15) is 5.82 Å². The smallest absolute Gasteiger partial charge is 0.224 e. The fraction of sp³-hybridized carbons (Fsp3) is 0.400. The molecule has 2 atom stereocenters. The summed E-state index contributed by atoms with van der Waals surface area (Å²) >= 11 is 0. The van der Waals surface area contributed by atoms with Gasteiger partial charge in [-0.25, -0.2) is 4.98 Å². The number of rotatable bonds is 5. The second kappa shape index (κ2) is 6.84. The van der Waals surface area contributed by atoms with Gasteiger partial charge in [-0.15, -0.1) is 0 Å². The Balaban J connectivity index is 1.40. The van der Waals surface area contributed by atoms with Crippen LogP contribution in [0.15, 0.2) is 48.8 Å². The van der Waals surface area contributed by atoms with Crippen LogP contribution in [0.1, 0.15) is 24.2 Å². The Morgan fingerprint density at radius 3 is 2.84 bits per heavy atom. The van der Waals surface area contributed by atoms with E-state index in [0.717, 1.165) is 25.3 Å². The Labute approximate surface area is 148 Å². The Bertz CT molecular complexity index is 767. The van der Waals surface area contributed by atoms with Gasteiger partial charge >= 0.3 is 0 Å². The van der Waals surface area contributed by atoms with Gasteiger partial charge < -0.3 is 9.47 Å². The number of nitrogens with zero attached hydrogens (tertiary/aromatic N) is 4. The summed E-state index contributed by atoms with van der Waals surface area (Å²) in [4.78, 5) is 21.4. The lowest BCUT2D eigenvalue weighted by Crippen LogP contribution is -2.37. The Morgan fingerprint density at radius 1 is 1.24 bits per heavy atom. The molecule has 4 rings (SSSR count). The van der Waals surface area contributed by atoms with Gasteiger partial charge in [-0.1, -0.05) is 42.5 Å². The van der Waals surface area contributed by atoms with Crippen LogP contribution in [0.5, 0.6) is 0 Å². The summed E-state index contributed by atoms with van der Waals surface area (Å²) in [5.74, 6) is 1.21. The van der Waals surface area contributed by atoms with Gasteiger partial charge in [-0.3, -0.25) is 9.69 Å².